The molecule has 0 aliphatic carbocycles. The molecular formula is C14H9BrClNO3. The molecule has 6 heteroatoms. The van der Waals surface area contributed by atoms with Crippen molar-refractivity contribution in [3.63, 3.8) is 0 Å². The fourth-order valence-electron chi connectivity index (χ4n) is 1.63. The largest absolute Gasteiger partial charge is 0.478 e. The van der Waals surface area contributed by atoms with Gasteiger partial charge in [-0.2, -0.15) is 0 Å². The van der Waals surface area contributed by atoms with Crippen LogP contribution in [0.1, 0.15) is 20.7 Å². The van der Waals surface area contributed by atoms with Crippen molar-refractivity contribution in [2.45, 2.75) is 0 Å². The van der Waals surface area contributed by atoms with Crippen LogP contribution in [0.15, 0.2) is 46.9 Å². The summed E-state index contributed by atoms with van der Waals surface area (Å²) in [5, 5.41) is 11.8. The molecule has 2 rings (SSSR count). The van der Waals surface area contributed by atoms with Crippen LogP contribution in [0.2, 0.25) is 5.02 Å². The third-order valence-electron chi connectivity index (χ3n) is 2.52. The van der Waals surface area contributed by atoms with Crippen molar-refractivity contribution in [1.82, 2.24) is 0 Å². The van der Waals surface area contributed by atoms with Gasteiger partial charge in [0.25, 0.3) is 5.91 Å². The molecule has 0 heterocycles. The smallest absolute Gasteiger partial charge is 0.335 e. The summed E-state index contributed by atoms with van der Waals surface area (Å²) in [5.41, 5.74) is 0.792. The third kappa shape index (κ3) is 3.37. The van der Waals surface area contributed by atoms with Gasteiger partial charge in [0.2, 0.25) is 0 Å². The van der Waals surface area contributed by atoms with E-state index in [0.717, 1.165) is 0 Å². The van der Waals surface area contributed by atoms with E-state index in [-0.39, 0.29) is 16.5 Å². The minimum atomic E-state index is -1.11. The molecule has 0 radical (unpaired) electrons. The van der Waals surface area contributed by atoms with Crippen LogP contribution in [0.4, 0.5) is 5.69 Å². The Morgan fingerprint density at radius 2 is 1.85 bits per heavy atom. The molecule has 0 saturated carbocycles. The first kappa shape index (κ1) is 14.6. The van der Waals surface area contributed by atoms with Gasteiger partial charge < -0.3 is 10.4 Å². The van der Waals surface area contributed by atoms with E-state index in [9.17, 15) is 9.59 Å². The number of carboxylic acids is 1. The highest BCUT2D eigenvalue weighted by atomic mass is 79.9. The van der Waals surface area contributed by atoms with Gasteiger partial charge in [-0.1, -0.05) is 23.7 Å². The number of aromatic carboxylic acids is 1. The molecule has 2 aromatic rings. The number of carbonyl (C=O) groups is 2. The van der Waals surface area contributed by atoms with Crippen molar-refractivity contribution in [3.8, 4) is 0 Å². The highest BCUT2D eigenvalue weighted by Crippen LogP contribution is 2.22. The molecule has 0 fully saturated rings. The number of carbonyl (C=O) groups excluding carboxylic acids is 1. The minimum absolute atomic E-state index is 0.0138. The molecule has 2 aromatic carbocycles. The minimum Gasteiger partial charge on any atom is -0.478 e. The summed E-state index contributed by atoms with van der Waals surface area (Å²) in [6, 6.07) is 11.1. The molecule has 0 atom stereocenters. The first-order chi connectivity index (χ1) is 9.47. The Kier molecular flexibility index (Phi) is 4.42. The summed E-state index contributed by atoms with van der Waals surface area (Å²) < 4.78 is 0.651. The lowest BCUT2D eigenvalue weighted by atomic mass is 10.1. The van der Waals surface area contributed by atoms with Crippen LogP contribution in [0, 0.1) is 0 Å². The highest BCUT2D eigenvalue weighted by Gasteiger charge is 2.12. The molecule has 20 heavy (non-hydrogen) atoms. The SMILES string of the molecule is O=C(O)c1cc(Cl)cc(NC(=O)c2ccccc2Br)c1. The summed E-state index contributed by atoms with van der Waals surface area (Å²) >= 11 is 9.11. The normalized spacial score (nSPS) is 10.1. The Bertz CT molecular complexity index is 688. The second kappa shape index (κ2) is 6.07. The van der Waals surface area contributed by atoms with Crippen molar-refractivity contribution in [2.75, 3.05) is 5.32 Å². The van der Waals surface area contributed by atoms with Crippen LogP contribution in [0.5, 0.6) is 0 Å². The lowest BCUT2D eigenvalue weighted by molar-refractivity contribution is 0.0696. The van der Waals surface area contributed by atoms with Gasteiger partial charge in [0.05, 0.1) is 11.1 Å². The summed E-state index contributed by atoms with van der Waals surface area (Å²) in [4.78, 5) is 23.0. The fraction of sp³-hybridized carbons (Fsp3) is 0. The van der Waals surface area contributed by atoms with Gasteiger partial charge in [0.15, 0.2) is 0 Å². The maximum Gasteiger partial charge on any atom is 0.335 e. The van der Waals surface area contributed by atoms with E-state index >= 15 is 0 Å². The van der Waals surface area contributed by atoms with E-state index in [0.29, 0.717) is 15.7 Å². The summed E-state index contributed by atoms with van der Waals surface area (Å²) in [5.74, 6) is -1.46. The topological polar surface area (TPSA) is 66.4 Å². The van der Waals surface area contributed by atoms with Crippen LogP contribution in [0.25, 0.3) is 0 Å². The summed E-state index contributed by atoms with van der Waals surface area (Å²) in [6.07, 6.45) is 0. The number of benzene rings is 2. The van der Waals surface area contributed by atoms with Gasteiger partial charge in [-0.3, -0.25) is 4.79 Å². The molecule has 0 bridgehead atoms. The first-order valence-electron chi connectivity index (χ1n) is 5.57. The fourth-order valence-corrected chi connectivity index (χ4v) is 2.33. The van der Waals surface area contributed by atoms with E-state index in [2.05, 4.69) is 21.2 Å². The average molecular weight is 355 g/mol. The van der Waals surface area contributed by atoms with Crippen LogP contribution < -0.4 is 5.32 Å². The molecule has 0 aliphatic heterocycles. The lowest BCUT2D eigenvalue weighted by Gasteiger charge is -2.08. The summed E-state index contributed by atoms with van der Waals surface area (Å²) in [6.45, 7) is 0. The molecular weight excluding hydrogens is 346 g/mol. The number of anilines is 1. The Morgan fingerprint density at radius 3 is 2.50 bits per heavy atom. The molecule has 0 spiro atoms. The highest BCUT2D eigenvalue weighted by molar-refractivity contribution is 9.10. The quantitative estimate of drug-likeness (QED) is 0.874. The second-order valence-corrected chi connectivity index (χ2v) is 5.26. The zero-order chi connectivity index (χ0) is 14.7. The van der Waals surface area contributed by atoms with E-state index in [1.807, 2.05) is 0 Å². The summed E-state index contributed by atoms with van der Waals surface area (Å²) in [7, 11) is 0. The standard InChI is InChI=1S/C14H9BrClNO3/c15-12-4-2-1-3-11(12)13(18)17-10-6-8(14(19)20)5-9(16)7-10/h1-7H,(H,17,18)(H,19,20). The van der Waals surface area contributed by atoms with E-state index < -0.39 is 5.97 Å². The van der Waals surface area contributed by atoms with Gasteiger partial charge in [0.1, 0.15) is 0 Å². The van der Waals surface area contributed by atoms with Crippen LogP contribution in [0.3, 0.4) is 0 Å². The van der Waals surface area contributed by atoms with E-state index in [1.165, 1.54) is 18.2 Å². The maximum absolute atomic E-state index is 12.1. The monoisotopic (exact) mass is 353 g/mol. The molecule has 0 aliphatic rings. The van der Waals surface area contributed by atoms with Gasteiger partial charge >= 0.3 is 5.97 Å². The molecule has 102 valence electrons. The Morgan fingerprint density at radius 1 is 1.15 bits per heavy atom. The molecule has 4 nitrogen and oxygen atoms in total. The predicted octanol–water partition coefficient (Wildman–Crippen LogP) is 4.05. The number of hydrogen-bond donors (Lipinski definition) is 2. The number of rotatable bonds is 3. The van der Waals surface area contributed by atoms with Crippen LogP contribution in [-0.4, -0.2) is 17.0 Å². The maximum atomic E-state index is 12.1. The van der Waals surface area contributed by atoms with E-state index in [1.54, 1.807) is 24.3 Å². The lowest BCUT2D eigenvalue weighted by Crippen LogP contribution is -2.13. The zero-order valence-corrected chi connectivity index (χ0v) is 12.4. The van der Waals surface area contributed by atoms with Gasteiger partial charge in [-0.05, 0) is 46.3 Å². The van der Waals surface area contributed by atoms with Crippen molar-refractivity contribution < 1.29 is 14.7 Å². The van der Waals surface area contributed by atoms with Gasteiger partial charge in [0, 0.05) is 15.2 Å². The van der Waals surface area contributed by atoms with E-state index in [4.69, 9.17) is 16.7 Å². The van der Waals surface area contributed by atoms with Crippen molar-refractivity contribution in [3.05, 3.63) is 63.1 Å². The molecule has 0 aromatic heterocycles. The zero-order valence-electron chi connectivity index (χ0n) is 10.1. The number of nitrogens with one attached hydrogen (secondary N) is 1. The number of carboxylic acid groups (broad SMARTS) is 1. The Labute approximate surface area is 128 Å². The van der Waals surface area contributed by atoms with Crippen LogP contribution >= 0.6 is 27.5 Å². The molecule has 0 unspecified atom stereocenters. The van der Waals surface area contributed by atoms with Crippen molar-refractivity contribution in [1.29, 1.82) is 0 Å². The van der Waals surface area contributed by atoms with Crippen molar-refractivity contribution >= 4 is 45.1 Å². The predicted molar refractivity (Wildman–Crippen MR) is 80.5 cm³/mol. The molecule has 1 amide bonds. The first-order valence-corrected chi connectivity index (χ1v) is 6.74. The van der Waals surface area contributed by atoms with Crippen molar-refractivity contribution in [2.24, 2.45) is 0 Å². The van der Waals surface area contributed by atoms with Crippen LogP contribution in [-0.2, 0) is 0 Å². The molecule has 0 saturated heterocycles. The number of amides is 1. The Hall–Kier alpha value is -1.85. The number of hydrogen-bond acceptors (Lipinski definition) is 2. The average Bonchev–Trinajstić information content (AvgIpc) is 2.38. The Balaban J connectivity index is 2.28. The number of halogens is 2. The van der Waals surface area contributed by atoms with Gasteiger partial charge in [-0.15, -0.1) is 0 Å². The van der Waals surface area contributed by atoms with Gasteiger partial charge in [-0.25, -0.2) is 4.79 Å². The third-order valence-corrected chi connectivity index (χ3v) is 3.43. The molecule has 2 N–H and O–H groups in total. The second-order valence-electron chi connectivity index (χ2n) is 3.97.